The van der Waals surface area contributed by atoms with E-state index >= 15 is 0 Å². The molecule has 0 spiro atoms. The van der Waals surface area contributed by atoms with Crippen LogP contribution < -0.4 is 0 Å². The molecular weight excluding hydrogens is 316 g/mol. The number of hydrogen-bond donors (Lipinski definition) is 0. The van der Waals surface area contributed by atoms with Gasteiger partial charge >= 0.3 is 0 Å². The van der Waals surface area contributed by atoms with Gasteiger partial charge in [-0.25, -0.2) is 4.98 Å². The molecule has 2 aliphatic heterocycles. The molecule has 0 aliphatic carbocycles. The Morgan fingerprint density at radius 2 is 2.28 bits per heavy atom. The number of aryl methyl sites for hydroxylation is 1. The molecule has 2 aliphatic rings. The number of carbonyl (C=O) groups excluding carboxylic acids is 1. The minimum atomic E-state index is 0.0162. The van der Waals surface area contributed by atoms with Crippen molar-refractivity contribution in [3.63, 3.8) is 0 Å². The standard InChI is InChI=1S/C19H26N4O2/c1-21(2)19(24)13-9-17-16(6-8-25-17)23(11-13)12-14-10-22(3)18-15(14)5-4-7-20-18/h4-5,7,10,13,16-17H,6,8-9,11-12H2,1-3H3/t13-,16+,17+/m0/s1. The molecule has 0 unspecified atom stereocenters. The van der Waals surface area contributed by atoms with E-state index < -0.39 is 0 Å². The highest BCUT2D eigenvalue weighted by Gasteiger charge is 2.42. The summed E-state index contributed by atoms with van der Waals surface area (Å²) in [6.07, 6.45) is 6.07. The van der Waals surface area contributed by atoms with Gasteiger partial charge in [0.1, 0.15) is 5.65 Å². The number of hydrogen-bond acceptors (Lipinski definition) is 4. The topological polar surface area (TPSA) is 50.6 Å². The first-order chi connectivity index (χ1) is 12.0. The Balaban J connectivity index is 1.61. The van der Waals surface area contributed by atoms with Crippen LogP contribution in [0.2, 0.25) is 0 Å². The Morgan fingerprint density at radius 3 is 3.08 bits per heavy atom. The summed E-state index contributed by atoms with van der Waals surface area (Å²) in [4.78, 5) is 21.2. The van der Waals surface area contributed by atoms with Crippen molar-refractivity contribution in [1.29, 1.82) is 0 Å². The number of rotatable bonds is 3. The molecule has 1 amide bonds. The number of carbonyl (C=O) groups is 1. The highest BCUT2D eigenvalue weighted by atomic mass is 16.5. The Labute approximate surface area is 148 Å². The quantitative estimate of drug-likeness (QED) is 0.851. The molecule has 0 N–H and O–H groups in total. The number of amides is 1. The summed E-state index contributed by atoms with van der Waals surface area (Å²) in [7, 11) is 5.71. The first-order valence-electron chi connectivity index (χ1n) is 9.00. The molecule has 4 heterocycles. The number of likely N-dealkylation sites (tertiary alicyclic amines) is 1. The lowest BCUT2D eigenvalue weighted by Crippen LogP contribution is -2.52. The van der Waals surface area contributed by atoms with Crippen molar-refractivity contribution in [2.75, 3.05) is 27.2 Å². The normalized spacial score (nSPS) is 26.8. The van der Waals surface area contributed by atoms with Gasteiger partial charge in [0, 0.05) is 64.7 Å². The third-order valence-electron chi connectivity index (χ3n) is 5.60. The van der Waals surface area contributed by atoms with Crippen molar-refractivity contribution in [2.24, 2.45) is 13.0 Å². The van der Waals surface area contributed by atoms with Gasteiger partial charge < -0.3 is 14.2 Å². The number of ether oxygens (including phenoxy) is 1. The SMILES string of the molecule is CN(C)C(=O)[C@H]1C[C@H]2OCC[C@H]2N(Cc2cn(C)c3ncccc23)C1. The predicted molar refractivity (Wildman–Crippen MR) is 96.1 cm³/mol. The molecule has 2 aromatic rings. The van der Waals surface area contributed by atoms with Crippen LogP contribution >= 0.6 is 0 Å². The van der Waals surface area contributed by atoms with Gasteiger partial charge in [0.2, 0.25) is 5.91 Å². The van der Waals surface area contributed by atoms with Gasteiger partial charge in [-0.2, -0.15) is 0 Å². The van der Waals surface area contributed by atoms with Gasteiger partial charge in [-0.1, -0.05) is 0 Å². The predicted octanol–water partition coefficient (Wildman–Crippen LogP) is 1.64. The number of pyridine rings is 1. The smallest absolute Gasteiger partial charge is 0.226 e. The Morgan fingerprint density at radius 1 is 1.44 bits per heavy atom. The van der Waals surface area contributed by atoms with Crippen LogP contribution in [-0.4, -0.2) is 64.7 Å². The minimum Gasteiger partial charge on any atom is -0.377 e. The van der Waals surface area contributed by atoms with Crippen LogP contribution in [0.25, 0.3) is 11.0 Å². The van der Waals surface area contributed by atoms with Crippen molar-refractivity contribution < 1.29 is 9.53 Å². The molecular formula is C19H26N4O2. The third-order valence-corrected chi connectivity index (χ3v) is 5.60. The van der Waals surface area contributed by atoms with Crippen molar-refractivity contribution in [3.05, 3.63) is 30.1 Å². The van der Waals surface area contributed by atoms with E-state index in [-0.39, 0.29) is 17.9 Å². The summed E-state index contributed by atoms with van der Waals surface area (Å²) in [6, 6.07) is 4.53. The van der Waals surface area contributed by atoms with Gasteiger partial charge in [-0.05, 0) is 30.5 Å². The van der Waals surface area contributed by atoms with Crippen LogP contribution in [0, 0.1) is 5.92 Å². The molecule has 2 saturated heterocycles. The van der Waals surface area contributed by atoms with Crippen LogP contribution in [-0.2, 0) is 23.1 Å². The maximum atomic E-state index is 12.5. The van der Waals surface area contributed by atoms with Crippen molar-refractivity contribution in [2.45, 2.75) is 31.5 Å². The van der Waals surface area contributed by atoms with Gasteiger partial charge in [0.15, 0.2) is 0 Å². The summed E-state index contributed by atoms with van der Waals surface area (Å²) in [5, 5.41) is 1.20. The van der Waals surface area contributed by atoms with Crippen LogP contribution in [0.3, 0.4) is 0 Å². The molecule has 0 bridgehead atoms. The third kappa shape index (κ3) is 2.93. The monoisotopic (exact) mass is 342 g/mol. The lowest BCUT2D eigenvalue weighted by molar-refractivity contribution is -0.137. The number of fused-ring (bicyclic) bond motifs is 2. The zero-order valence-electron chi connectivity index (χ0n) is 15.2. The van der Waals surface area contributed by atoms with Crippen LogP contribution in [0.15, 0.2) is 24.5 Å². The summed E-state index contributed by atoms with van der Waals surface area (Å²) in [5.74, 6) is 0.223. The van der Waals surface area contributed by atoms with Crippen molar-refractivity contribution in [3.8, 4) is 0 Å². The van der Waals surface area contributed by atoms with Crippen molar-refractivity contribution in [1.82, 2.24) is 19.4 Å². The molecule has 3 atom stereocenters. The first kappa shape index (κ1) is 16.5. The van der Waals surface area contributed by atoms with E-state index in [0.717, 1.165) is 38.2 Å². The Bertz CT molecular complexity index is 785. The fraction of sp³-hybridized carbons (Fsp3) is 0.579. The summed E-state index contributed by atoms with van der Waals surface area (Å²) in [6.45, 7) is 2.44. The highest BCUT2D eigenvalue weighted by molar-refractivity contribution is 5.80. The van der Waals surface area contributed by atoms with Gasteiger partial charge in [0.25, 0.3) is 0 Å². The van der Waals surface area contributed by atoms with E-state index in [9.17, 15) is 4.79 Å². The van der Waals surface area contributed by atoms with Crippen LogP contribution in [0.5, 0.6) is 0 Å². The van der Waals surface area contributed by atoms with E-state index in [2.05, 4.69) is 26.7 Å². The zero-order valence-corrected chi connectivity index (χ0v) is 15.2. The molecule has 6 heteroatoms. The van der Waals surface area contributed by atoms with E-state index in [1.54, 1.807) is 4.90 Å². The molecule has 0 saturated carbocycles. The minimum absolute atomic E-state index is 0.0162. The van der Waals surface area contributed by atoms with E-state index in [1.165, 1.54) is 10.9 Å². The summed E-state index contributed by atoms with van der Waals surface area (Å²) < 4.78 is 8.03. The Hall–Kier alpha value is -1.92. The number of nitrogens with zero attached hydrogens (tertiary/aromatic N) is 4. The second kappa shape index (κ2) is 6.42. The second-order valence-electron chi connectivity index (χ2n) is 7.50. The molecule has 0 aromatic carbocycles. The number of aromatic nitrogens is 2. The maximum absolute atomic E-state index is 12.5. The van der Waals surface area contributed by atoms with Gasteiger partial charge in [-0.3, -0.25) is 9.69 Å². The summed E-state index contributed by atoms with van der Waals surface area (Å²) in [5.41, 5.74) is 2.28. The fourth-order valence-corrected chi connectivity index (χ4v) is 4.42. The second-order valence-corrected chi connectivity index (χ2v) is 7.50. The lowest BCUT2D eigenvalue weighted by atomic mass is 9.89. The van der Waals surface area contributed by atoms with Gasteiger partial charge in [0.05, 0.1) is 12.0 Å². The summed E-state index contributed by atoms with van der Waals surface area (Å²) >= 11 is 0. The Kier molecular flexibility index (Phi) is 4.25. The van der Waals surface area contributed by atoms with Crippen LogP contribution in [0.1, 0.15) is 18.4 Å². The molecule has 25 heavy (non-hydrogen) atoms. The molecule has 0 radical (unpaired) electrons. The fourth-order valence-electron chi connectivity index (χ4n) is 4.42. The molecule has 134 valence electrons. The number of piperidine rings is 1. The average molecular weight is 342 g/mol. The van der Waals surface area contributed by atoms with Crippen molar-refractivity contribution >= 4 is 16.9 Å². The van der Waals surface area contributed by atoms with E-state index in [0.29, 0.717) is 6.04 Å². The zero-order chi connectivity index (χ0) is 17.6. The first-order valence-corrected chi connectivity index (χ1v) is 9.00. The molecule has 4 rings (SSSR count). The largest absolute Gasteiger partial charge is 0.377 e. The average Bonchev–Trinajstić information content (AvgIpc) is 3.20. The van der Waals surface area contributed by atoms with Crippen LogP contribution in [0.4, 0.5) is 0 Å². The lowest BCUT2D eigenvalue weighted by Gasteiger charge is -2.40. The molecule has 2 fully saturated rings. The van der Waals surface area contributed by atoms with E-state index in [4.69, 9.17) is 4.74 Å². The van der Waals surface area contributed by atoms with E-state index in [1.807, 2.05) is 33.4 Å². The molecule has 2 aromatic heterocycles. The molecule has 6 nitrogen and oxygen atoms in total. The highest BCUT2D eigenvalue weighted by Crippen LogP contribution is 2.34. The van der Waals surface area contributed by atoms with Gasteiger partial charge in [-0.15, -0.1) is 0 Å². The maximum Gasteiger partial charge on any atom is 0.226 e.